The highest BCUT2D eigenvalue weighted by Crippen LogP contribution is 2.63. The van der Waals surface area contributed by atoms with E-state index in [1.54, 1.807) is 0 Å². The van der Waals surface area contributed by atoms with Crippen molar-refractivity contribution >= 4 is 0 Å². The van der Waals surface area contributed by atoms with Gasteiger partial charge in [0.1, 0.15) is 11.6 Å². The second-order valence-electron chi connectivity index (χ2n) is 20.0. The molecule has 4 heteroatoms. The van der Waals surface area contributed by atoms with Crippen molar-refractivity contribution in [3.63, 3.8) is 0 Å². The molecule has 0 spiro atoms. The maximum absolute atomic E-state index is 5.66. The minimum absolute atomic E-state index is 0.0763. The van der Waals surface area contributed by atoms with Gasteiger partial charge in [0, 0.05) is 28.2 Å². The van der Waals surface area contributed by atoms with Gasteiger partial charge in [0.2, 0.25) is 0 Å². The van der Waals surface area contributed by atoms with E-state index in [2.05, 4.69) is 78.1 Å². The third-order valence-corrected chi connectivity index (χ3v) is 17.0. The quantitative estimate of drug-likeness (QED) is 0.285. The lowest BCUT2D eigenvalue weighted by Gasteiger charge is -2.56. The topological polar surface area (TPSA) is 51.6 Å². The zero-order chi connectivity index (χ0) is 32.8. The van der Waals surface area contributed by atoms with Crippen LogP contribution in [0.25, 0.3) is 22.6 Å². The van der Waals surface area contributed by atoms with Crippen LogP contribution in [0.4, 0.5) is 0 Å². The van der Waals surface area contributed by atoms with Crippen molar-refractivity contribution in [2.45, 2.75) is 147 Å². The zero-order valence-electron chi connectivity index (χ0n) is 30.4. The van der Waals surface area contributed by atoms with Crippen LogP contribution in [-0.4, -0.2) is 19.9 Å². The predicted molar refractivity (Wildman–Crippen MR) is 193 cm³/mol. The molecule has 3 aromatic rings. The highest BCUT2D eigenvalue weighted by atomic mass is 15.1. The van der Waals surface area contributed by atoms with E-state index in [4.69, 9.17) is 19.9 Å². The van der Waals surface area contributed by atoms with Gasteiger partial charge >= 0.3 is 0 Å². The molecule has 8 aliphatic rings. The summed E-state index contributed by atoms with van der Waals surface area (Å²) >= 11 is 0. The fraction of sp³-hybridized carbons (Fsp3) is 0.682. The summed E-state index contributed by atoms with van der Waals surface area (Å²) in [5.41, 5.74) is 6.88. The minimum atomic E-state index is 0.0763. The van der Waals surface area contributed by atoms with E-state index in [1.807, 2.05) is 0 Å². The van der Waals surface area contributed by atoms with Crippen molar-refractivity contribution in [1.82, 2.24) is 19.9 Å². The van der Waals surface area contributed by atoms with E-state index in [1.165, 1.54) is 100 Å². The molecule has 7 bridgehead atoms. The Labute approximate surface area is 288 Å². The van der Waals surface area contributed by atoms with Crippen LogP contribution in [-0.2, 0) is 21.7 Å². The maximum atomic E-state index is 5.66. The lowest BCUT2D eigenvalue weighted by atomic mass is 9.49. The average molecular weight is 641 g/mol. The van der Waals surface area contributed by atoms with E-state index in [9.17, 15) is 0 Å². The van der Waals surface area contributed by atoms with Crippen molar-refractivity contribution in [2.24, 2.45) is 40.9 Å². The molecule has 4 atom stereocenters. The predicted octanol–water partition coefficient (Wildman–Crippen LogP) is 10.5. The van der Waals surface area contributed by atoms with E-state index in [-0.39, 0.29) is 27.1 Å². The number of hydrogen-bond donors (Lipinski definition) is 0. The molecule has 3 unspecified atom stereocenters. The summed E-state index contributed by atoms with van der Waals surface area (Å²) in [7, 11) is 0. The highest BCUT2D eigenvalue weighted by molar-refractivity contribution is 5.67. The van der Waals surface area contributed by atoms with Gasteiger partial charge in [-0.05, 0) is 158 Å². The molecule has 2 heterocycles. The summed E-state index contributed by atoms with van der Waals surface area (Å²) in [6, 6.07) is 11.6. The Kier molecular flexibility index (Phi) is 6.16. The molecule has 11 rings (SSSR count). The molecule has 4 nitrogen and oxygen atoms in total. The molecule has 7 fully saturated rings. The van der Waals surface area contributed by atoms with Crippen LogP contribution in [0.15, 0.2) is 36.5 Å². The fourth-order valence-corrected chi connectivity index (χ4v) is 13.6. The number of aromatic nitrogens is 4. The Morgan fingerprint density at radius 2 is 1.21 bits per heavy atom. The number of nitrogens with zero attached hydrogens (tertiary/aromatic N) is 4. The second-order valence-corrected chi connectivity index (χ2v) is 20.0. The third-order valence-electron chi connectivity index (χ3n) is 17.0. The molecule has 0 amide bonds. The van der Waals surface area contributed by atoms with Gasteiger partial charge in [-0.25, -0.2) is 15.0 Å². The van der Waals surface area contributed by atoms with Crippen LogP contribution in [0.2, 0.25) is 0 Å². The molecule has 48 heavy (non-hydrogen) atoms. The molecule has 0 saturated heterocycles. The first-order valence-corrected chi connectivity index (χ1v) is 19.7. The maximum Gasteiger partial charge on any atom is 0.164 e. The van der Waals surface area contributed by atoms with E-state index in [0.29, 0.717) is 0 Å². The third kappa shape index (κ3) is 4.07. The smallest absolute Gasteiger partial charge is 0.164 e. The van der Waals surface area contributed by atoms with Crippen LogP contribution in [0.1, 0.15) is 148 Å². The van der Waals surface area contributed by atoms with Gasteiger partial charge in [-0.3, -0.25) is 4.98 Å². The van der Waals surface area contributed by atoms with E-state index in [0.717, 1.165) is 64.2 Å². The van der Waals surface area contributed by atoms with Crippen molar-refractivity contribution in [3.05, 3.63) is 59.3 Å². The summed E-state index contributed by atoms with van der Waals surface area (Å²) in [6.07, 6.45) is 19.8. The first-order chi connectivity index (χ1) is 22.9. The summed E-state index contributed by atoms with van der Waals surface area (Å²) in [6.45, 7) is 14.5. The van der Waals surface area contributed by atoms with Gasteiger partial charge in [-0.1, -0.05) is 60.1 Å². The Balaban J connectivity index is 1.05. The molecule has 8 aliphatic carbocycles. The first kappa shape index (κ1) is 30.2. The van der Waals surface area contributed by atoms with Crippen molar-refractivity contribution < 1.29 is 0 Å². The van der Waals surface area contributed by atoms with Gasteiger partial charge < -0.3 is 0 Å². The zero-order valence-corrected chi connectivity index (χ0v) is 30.4. The Morgan fingerprint density at radius 3 is 1.90 bits per heavy atom. The minimum Gasteiger partial charge on any atom is -0.255 e. The molecule has 0 N–H and O–H groups in total. The lowest BCUT2D eigenvalue weighted by molar-refractivity contribution is -0.0115. The fourth-order valence-electron chi connectivity index (χ4n) is 13.6. The lowest BCUT2D eigenvalue weighted by Crippen LogP contribution is -2.50. The summed E-state index contributed by atoms with van der Waals surface area (Å²) in [5.74, 6) is 8.49. The summed E-state index contributed by atoms with van der Waals surface area (Å²) in [5, 5.41) is 0. The molecule has 1 aromatic carbocycles. The normalized spacial score (nSPS) is 39.0. The Morgan fingerprint density at radius 1 is 0.562 bits per heavy atom. The molecule has 7 saturated carbocycles. The van der Waals surface area contributed by atoms with Gasteiger partial charge in [-0.2, -0.15) is 0 Å². The molecule has 252 valence electrons. The van der Waals surface area contributed by atoms with Crippen LogP contribution in [0.5, 0.6) is 0 Å². The van der Waals surface area contributed by atoms with Gasteiger partial charge in [0.25, 0.3) is 0 Å². The first-order valence-electron chi connectivity index (χ1n) is 19.7. The number of benzene rings is 1. The van der Waals surface area contributed by atoms with Crippen LogP contribution in [0, 0.1) is 40.9 Å². The SMILES string of the molecule is CC1(C)c2ccc(-c3ccc(-c4nc(C56CC7CC(CC(C7)C5)C6)nc(C56CCC7CC[C@H](CC7C5)C6)n4)cn3)cc2C(C)(C)C1(C)C. The Hall–Kier alpha value is -2.62. The molecular formula is C44H56N4. The van der Waals surface area contributed by atoms with Crippen LogP contribution < -0.4 is 0 Å². The number of pyridine rings is 1. The van der Waals surface area contributed by atoms with Gasteiger partial charge in [0.15, 0.2) is 5.82 Å². The highest BCUT2D eigenvalue weighted by Gasteiger charge is 2.57. The average Bonchev–Trinajstić information content (AvgIpc) is 3.16. The van der Waals surface area contributed by atoms with Crippen molar-refractivity contribution in [1.29, 1.82) is 0 Å². The second kappa shape index (κ2) is 9.79. The number of rotatable bonds is 4. The monoisotopic (exact) mass is 640 g/mol. The van der Waals surface area contributed by atoms with E-state index < -0.39 is 0 Å². The van der Waals surface area contributed by atoms with Gasteiger partial charge in [0.05, 0.1) is 5.69 Å². The molecule has 2 aromatic heterocycles. The summed E-state index contributed by atoms with van der Waals surface area (Å²) in [4.78, 5) is 21.8. The number of fused-ring (bicyclic) bond motifs is 3. The molecule has 0 radical (unpaired) electrons. The molecule has 0 aliphatic heterocycles. The van der Waals surface area contributed by atoms with Crippen LogP contribution in [0.3, 0.4) is 0 Å². The van der Waals surface area contributed by atoms with Crippen molar-refractivity contribution in [3.8, 4) is 22.6 Å². The van der Waals surface area contributed by atoms with Crippen molar-refractivity contribution in [2.75, 3.05) is 0 Å². The number of hydrogen-bond acceptors (Lipinski definition) is 4. The Bertz CT molecular complexity index is 1760. The summed E-state index contributed by atoms with van der Waals surface area (Å²) < 4.78 is 0. The van der Waals surface area contributed by atoms with Crippen LogP contribution >= 0.6 is 0 Å². The molecular weight excluding hydrogens is 585 g/mol. The standard InChI is InChI=1S/C44H56N4/c1-40(2)34-11-9-31(19-35(34)41(3,4)42(40,5)6)36-12-10-32(25-45-36)37-46-38(43-14-13-30-8-7-26(20-43)18-33(30)24-43)48-39(47-37)44-21-27-15-28(22-44)17-29(16-27)23-44/h9-12,19,25-30,33H,7-8,13-18,20-24H2,1-6H3/t26-,27?,28?,29?,30?,33?,43?,44?/m1/s1. The van der Waals surface area contributed by atoms with Gasteiger partial charge in [-0.15, -0.1) is 0 Å². The largest absolute Gasteiger partial charge is 0.255 e. The van der Waals surface area contributed by atoms with E-state index >= 15 is 0 Å².